The van der Waals surface area contributed by atoms with E-state index in [4.69, 9.17) is 14.2 Å². The molecule has 0 fully saturated rings. The lowest BCUT2D eigenvalue weighted by Crippen LogP contribution is -2.03. The number of halogens is 3. The Morgan fingerprint density at radius 1 is 0.857 bits per heavy atom. The average Bonchev–Trinajstić information content (AvgIpc) is 3.15. The molecule has 0 radical (unpaired) electrons. The predicted octanol–water partition coefficient (Wildman–Crippen LogP) is 5.79. The van der Waals surface area contributed by atoms with Gasteiger partial charge >= 0.3 is 6.18 Å². The predicted molar refractivity (Wildman–Crippen MR) is 97.2 cm³/mol. The number of nitrogens with zero attached hydrogens (tertiary/aromatic N) is 1. The average molecular weight is 385 g/mol. The minimum atomic E-state index is -4.33. The van der Waals surface area contributed by atoms with Crippen LogP contribution in [0, 0.1) is 0 Å². The first-order valence-corrected chi connectivity index (χ1v) is 8.36. The van der Waals surface area contributed by atoms with E-state index in [2.05, 4.69) is 4.98 Å². The lowest BCUT2D eigenvalue weighted by molar-refractivity contribution is -0.137. The van der Waals surface area contributed by atoms with Crippen LogP contribution in [0.1, 0.15) is 16.7 Å². The van der Waals surface area contributed by atoms with Crippen molar-refractivity contribution in [3.8, 4) is 23.1 Å². The van der Waals surface area contributed by atoms with Crippen LogP contribution in [0.4, 0.5) is 13.2 Å². The molecule has 0 saturated carbocycles. The second kappa shape index (κ2) is 7.26. The van der Waals surface area contributed by atoms with Gasteiger partial charge in [-0.15, -0.1) is 0 Å². The summed E-state index contributed by atoms with van der Waals surface area (Å²) < 4.78 is 54.0. The largest absolute Gasteiger partial charge is 0.454 e. The number of aromatic nitrogens is 1. The van der Waals surface area contributed by atoms with Crippen LogP contribution in [0.5, 0.6) is 23.1 Å². The quantitative estimate of drug-likeness (QED) is 0.570. The first kappa shape index (κ1) is 17.9. The number of alkyl halides is 3. The van der Waals surface area contributed by atoms with E-state index in [-0.39, 0.29) is 6.79 Å². The van der Waals surface area contributed by atoms with Crippen LogP contribution in [0.2, 0.25) is 0 Å². The molecule has 7 heteroatoms. The Kier molecular flexibility index (Phi) is 4.65. The summed E-state index contributed by atoms with van der Waals surface area (Å²) in [6.07, 6.45) is 0.762. The summed E-state index contributed by atoms with van der Waals surface area (Å²) in [5, 5.41) is 0. The molecular weight excluding hydrogens is 371 g/mol. The molecule has 0 amide bonds. The van der Waals surface area contributed by atoms with Crippen molar-refractivity contribution in [3.05, 3.63) is 77.5 Å². The molecule has 1 aliphatic rings. The van der Waals surface area contributed by atoms with Crippen molar-refractivity contribution in [2.45, 2.75) is 6.18 Å². The van der Waals surface area contributed by atoms with Crippen molar-refractivity contribution in [1.82, 2.24) is 4.98 Å². The maximum atomic E-state index is 12.6. The van der Waals surface area contributed by atoms with Gasteiger partial charge in [0.05, 0.1) is 5.56 Å². The normalized spacial score (nSPS) is 13.1. The second-order valence-corrected chi connectivity index (χ2v) is 6.00. The molecule has 1 aliphatic heterocycles. The molecule has 2 aromatic carbocycles. The molecule has 0 spiro atoms. The smallest absolute Gasteiger partial charge is 0.416 e. The molecule has 1 aromatic heterocycles. The second-order valence-electron chi connectivity index (χ2n) is 6.00. The SMILES string of the molecule is FC(F)(F)c1ccc(C=Cc2ccc(Oc3ccc4c(c3)OCO4)nc2)cc1. The lowest BCUT2D eigenvalue weighted by atomic mass is 10.1. The molecule has 28 heavy (non-hydrogen) atoms. The summed E-state index contributed by atoms with van der Waals surface area (Å²) in [5.41, 5.74) is 0.781. The number of pyridine rings is 1. The van der Waals surface area contributed by atoms with Crippen LogP contribution >= 0.6 is 0 Å². The Morgan fingerprint density at radius 2 is 1.57 bits per heavy atom. The Balaban J connectivity index is 1.41. The molecule has 0 unspecified atom stereocenters. The molecule has 4 rings (SSSR count). The molecule has 0 bridgehead atoms. The van der Waals surface area contributed by atoms with Gasteiger partial charge in [0.1, 0.15) is 5.75 Å². The standard InChI is InChI=1S/C21H14F3NO3/c22-21(23,24)16-6-3-14(4-7-16)1-2-15-5-10-20(25-12-15)28-17-8-9-18-19(11-17)27-13-26-18/h1-12H,13H2. The molecule has 3 aromatic rings. The van der Waals surface area contributed by atoms with Crippen molar-refractivity contribution in [3.63, 3.8) is 0 Å². The Labute approximate surface area is 158 Å². The highest BCUT2D eigenvalue weighted by Gasteiger charge is 2.29. The summed E-state index contributed by atoms with van der Waals surface area (Å²) in [6.45, 7) is 0.191. The third-order valence-electron chi connectivity index (χ3n) is 4.03. The van der Waals surface area contributed by atoms with E-state index in [1.807, 2.05) is 0 Å². The number of fused-ring (bicyclic) bond motifs is 1. The van der Waals surface area contributed by atoms with Crippen LogP contribution in [-0.2, 0) is 6.18 Å². The molecule has 2 heterocycles. The van der Waals surface area contributed by atoms with Gasteiger partial charge in [-0.1, -0.05) is 24.3 Å². The van der Waals surface area contributed by atoms with Gasteiger partial charge in [0.2, 0.25) is 12.7 Å². The Bertz CT molecular complexity index is 997. The van der Waals surface area contributed by atoms with Gasteiger partial charge in [0, 0.05) is 18.3 Å². The van der Waals surface area contributed by atoms with E-state index >= 15 is 0 Å². The summed E-state index contributed by atoms with van der Waals surface area (Å²) in [4.78, 5) is 4.23. The zero-order valence-electron chi connectivity index (χ0n) is 14.4. The Morgan fingerprint density at radius 3 is 2.29 bits per heavy atom. The van der Waals surface area contributed by atoms with Crippen LogP contribution in [-0.4, -0.2) is 11.8 Å². The van der Waals surface area contributed by atoms with Crippen LogP contribution in [0.15, 0.2) is 60.8 Å². The first-order valence-electron chi connectivity index (χ1n) is 8.36. The molecule has 0 atom stereocenters. The highest BCUT2D eigenvalue weighted by molar-refractivity contribution is 5.69. The van der Waals surface area contributed by atoms with Gasteiger partial charge < -0.3 is 14.2 Å². The van der Waals surface area contributed by atoms with Crippen molar-refractivity contribution in [2.75, 3.05) is 6.79 Å². The number of hydrogen-bond acceptors (Lipinski definition) is 4. The first-order chi connectivity index (χ1) is 13.5. The van der Waals surface area contributed by atoms with Gasteiger partial charge in [0.25, 0.3) is 0 Å². The van der Waals surface area contributed by atoms with E-state index in [1.165, 1.54) is 12.1 Å². The van der Waals surface area contributed by atoms with E-state index in [0.717, 1.165) is 17.7 Å². The fourth-order valence-electron chi connectivity index (χ4n) is 2.59. The number of ether oxygens (including phenoxy) is 3. The van der Waals surface area contributed by atoms with E-state index in [9.17, 15) is 13.2 Å². The number of rotatable bonds is 4. The van der Waals surface area contributed by atoms with Gasteiger partial charge in [0.15, 0.2) is 11.5 Å². The van der Waals surface area contributed by atoms with Crippen molar-refractivity contribution < 1.29 is 27.4 Å². The fraction of sp³-hybridized carbons (Fsp3) is 0.0952. The maximum absolute atomic E-state index is 12.6. The van der Waals surface area contributed by atoms with Gasteiger partial charge in [-0.25, -0.2) is 4.98 Å². The van der Waals surface area contributed by atoms with Crippen molar-refractivity contribution >= 4 is 12.2 Å². The van der Waals surface area contributed by atoms with Gasteiger partial charge in [-0.3, -0.25) is 0 Å². The molecule has 0 saturated heterocycles. The van der Waals surface area contributed by atoms with Gasteiger partial charge in [-0.05, 0) is 41.5 Å². The topological polar surface area (TPSA) is 40.6 Å². The monoisotopic (exact) mass is 385 g/mol. The van der Waals surface area contributed by atoms with Crippen molar-refractivity contribution in [2.24, 2.45) is 0 Å². The molecule has 4 nitrogen and oxygen atoms in total. The summed E-state index contributed by atoms with van der Waals surface area (Å²) in [7, 11) is 0. The van der Waals surface area contributed by atoms with Crippen LogP contribution < -0.4 is 14.2 Å². The third kappa shape index (κ3) is 4.09. The van der Waals surface area contributed by atoms with Crippen molar-refractivity contribution in [1.29, 1.82) is 0 Å². The summed E-state index contributed by atoms with van der Waals surface area (Å²) in [5.74, 6) is 2.27. The molecule has 0 N–H and O–H groups in total. The van der Waals surface area contributed by atoms with Crippen LogP contribution in [0.3, 0.4) is 0 Å². The number of benzene rings is 2. The summed E-state index contributed by atoms with van der Waals surface area (Å²) in [6, 6.07) is 13.7. The van der Waals surface area contributed by atoms with E-state index < -0.39 is 11.7 Å². The summed E-state index contributed by atoms with van der Waals surface area (Å²) >= 11 is 0. The van der Waals surface area contributed by atoms with E-state index in [0.29, 0.717) is 28.7 Å². The highest BCUT2D eigenvalue weighted by Crippen LogP contribution is 2.36. The highest BCUT2D eigenvalue weighted by atomic mass is 19.4. The zero-order valence-corrected chi connectivity index (χ0v) is 14.4. The van der Waals surface area contributed by atoms with E-state index in [1.54, 1.807) is 48.7 Å². The third-order valence-corrected chi connectivity index (χ3v) is 4.03. The van der Waals surface area contributed by atoms with Crippen LogP contribution in [0.25, 0.3) is 12.2 Å². The minimum Gasteiger partial charge on any atom is -0.454 e. The number of hydrogen-bond donors (Lipinski definition) is 0. The molecule has 142 valence electrons. The fourth-order valence-corrected chi connectivity index (χ4v) is 2.59. The minimum absolute atomic E-state index is 0.191. The lowest BCUT2D eigenvalue weighted by Gasteiger charge is -2.06. The van der Waals surface area contributed by atoms with Gasteiger partial charge in [-0.2, -0.15) is 13.2 Å². The molecular formula is C21H14F3NO3. The zero-order chi connectivity index (χ0) is 19.6. The maximum Gasteiger partial charge on any atom is 0.416 e. The Hall–Kier alpha value is -3.48. The molecule has 0 aliphatic carbocycles.